The molecule has 1 unspecified atom stereocenters. The standard InChI is InChI=1S/C11H9F7O/c1-5-2-3-6(4-7(5)12)8(19)9(10(13,14)15)11(16,17)18/h2-4,8-9,19H,1H3. The van der Waals surface area contributed by atoms with Gasteiger partial charge in [-0.05, 0) is 24.1 Å². The third-order valence-corrected chi connectivity index (χ3v) is 2.56. The van der Waals surface area contributed by atoms with Crippen LogP contribution in [0.1, 0.15) is 17.2 Å². The van der Waals surface area contributed by atoms with Gasteiger partial charge in [-0.15, -0.1) is 0 Å². The van der Waals surface area contributed by atoms with Gasteiger partial charge < -0.3 is 5.11 Å². The van der Waals surface area contributed by atoms with Gasteiger partial charge in [0.1, 0.15) is 5.82 Å². The van der Waals surface area contributed by atoms with Crippen LogP contribution in [0, 0.1) is 18.7 Å². The lowest BCUT2D eigenvalue weighted by molar-refractivity contribution is -0.307. The number of hydrogen-bond donors (Lipinski definition) is 1. The number of benzene rings is 1. The minimum absolute atomic E-state index is 0.0477. The van der Waals surface area contributed by atoms with E-state index in [1.54, 1.807) is 0 Å². The van der Waals surface area contributed by atoms with Crippen LogP contribution in [0.4, 0.5) is 30.7 Å². The molecule has 0 heterocycles. The highest BCUT2D eigenvalue weighted by atomic mass is 19.4. The zero-order valence-electron chi connectivity index (χ0n) is 9.48. The predicted molar refractivity (Wildman–Crippen MR) is 51.7 cm³/mol. The van der Waals surface area contributed by atoms with Crippen LogP contribution in [0.25, 0.3) is 0 Å². The van der Waals surface area contributed by atoms with Gasteiger partial charge in [-0.3, -0.25) is 0 Å². The van der Waals surface area contributed by atoms with Crippen LogP contribution in [0.15, 0.2) is 18.2 Å². The maximum atomic E-state index is 13.1. The monoisotopic (exact) mass is 290 g/mol. The first-order valence-corrected chi connectivity index (χ1v) is 5.02. The van der Waals surface area contributed by atoms with E-state index in [0.717, 1.165) is 12.1 Å². The van der Waals surface area contributed by atoms with Crippen molar-refractivity contribution in [1.29, 1.82) is 0 Å². The van der Waals surface area contributed by atoms with E-state index in [4.69, 9.17) is 0 Å². The van der Waals surface area contributed by atoms with E-state index in [1.165, 1.54) is 6.92 Å². The molecule has 0 amide bonds. The van der Waals surface area contributed by atoms with Crippen LogP contribution in [-0.2, 0) is 0 Å². The van der Waals surface area contributed by atoms with Crippen molar-refractivity contribution in [2.75, 3.05) is 0 Å². The van der Waals surface area contributed by atoms with Crippen molar-refractivity contribution in [3.8, 4) is 0 Å². The van der Waals surface area contributed by atoms with Crippen LogP contribution in [-0.4, -0.2) is 17.5 Å². The van der Waals surface area contributed by atoms with Gasteiger partial charge in [0, 0.05) is 0 Å². The number of hydrogen-bond acceptors (Lipinski definition) is 1. The number of halogens is 7. The van der Waals surface area contributed by atoms with Crippen molar-refractivity contribution in [3.63, 3.8) is 0 Å². The predicted octanol–water partition coefficient (Wildman–Crippen LogP) is 3.91. The number of aliphatic hydroxyl groups is 1. The average molecular weight is 290 g/mol. The summed E-state index contributed by atoms with van der Waals surface area (Å²) in [6.07, 6.45) is -14.3. The summed E-state index contributed by atoms with van der Waals surface area (Å²) in [5, 5.41) is 9.26. The first-order chi connectivity index (χ1) is 8.44. The highest BCUT2D eigenvalue weighted by Crippen LogP contribution is 2.46. The van der Waals surface area contributed by atoms with E-state index >= 15 is 0 Å². The minimum Gasteiger partial charge on any atom is -0.387 e. The Balaban J connectivity index is 3.20. The van der Waals surface area contributed by atoms with Gasteiger partial charge in [-0.25, -0.2) is 4.39 Å². The quantitative estimate of drug-likeness (QED) is 0.819. The lowest BCUT2D eigenvalue weighted by Gasteiger charge is -2.27. The van der Waals surface area contributed by atoms with Crippen molar-refractivity contribution in [3.05, 3.63) is 35.1 Å². The van der Waals surface area contributed by atoms with Crippen molar-refractivity contribution in [2.24, 2.45) is 5.92 Å². The topological polar surface area (TPSA) is 20.2 Å². The van der Waals surface area contributed by atoms with Gasteiger partial charge in [0.25, 0.3) is 0 Å². The molecule has 0 bridgehead atoms. The summed E-state index contributed by atoms with van der Waals surface area (Å²) >= 11 is 0. The number of aryl methyl sites for hydroxylation is 1. The molecule has 0 spiro atoms. The summed E-state index contributed by atoms with van der Waals surface area (Å²) < 4.78 is 87.3. The molecule has 1 aromatic rings. The van der Waals surface area contributed by atoms with E-state index in [1.807, 2.05) is 0 Å². The fourth-order valence-electron chi connectivity index (χ4n) is 1.53. The molecule has 0 aliphatic rings. The molecule has 108 valence electrons. The fourth-order valence-corrected chi connectivity index (χ4v) is 1.53. The van der Waals surface area contributed by atoms with Gasteiger partial charge in [0.05, 0.1) is 6.10 Å². The second-order valence-corrected chi connectivity index (χ2v) is 4.01. The minimum atomic E-state index is -5.68. The summed E-state index contributed by atoms with van der Waals surface area (Å²) in [5.41, 5.74) is -0.728. The largest absolute Gasteiger partial charge is 0.403 e. The molecule has 1 aromatic carbocycles. The molecule has 0 aliphatic carbocycles. The average Bonchev–Trinajstić information content (AvgIpc) is 2.17. The van der Waals surface area contributed by atoms with Crippen molar-refractivity contribution in [1.82, 2.24) is 0 Å². The Morgan fingerprint density at radius 3 is 1.84 bits per heavy atom. The molecule has 8 heteroatoms. The smallest absolute Gasteiger partial charge is 0.387 e. The third kappa shape index (κ3) is 3.59. The van der Waals surface area contributed by atoms with Gasteiger partial charge in [-0.1, -0.05) is 12.1 Å². The molecule has 0 aromatic heterocycles. The summed E-state index contributed by atoms with van der Waals surface area (Å²) in [4.78, 5) is 0. The van der Waals surface area contributed by atoms with Gasteiger partial charge in [-0.2, -0.15) is 26.3 Å². The molecule has 0 aliphatic heterocycles. The van der Waals surface area contributed by atoms with Gasteiger partial charge in [0.2, 0.25) is 0 Å². The molecule has 0 radical (unpaired) electrons. The Hall–Kier alpha value is -1.31. The molecule has 1 rings (SSSR count). The molecule has 0 saturated carbocycles. The second-order valence-electron chi connectivity index (χ2n) is 4.01. The Labute approximate surface area is 103 Å². The highest BCUT2D eigenvalue weighted by molar-refractivity contribution is 5.25. The molecule has 0 fully saturated rings. The van der Waals surface area contributed by atoms with E-state index in [0.29, 0.717) is 6.07 Å². The van der Waals surface area contributed by atoms with Crippen LogP contribution >= 0.6 is 0 Å². The van der Waals surface area contributed by atoms with Gasteiger partial charge >= 0.3 is 12.4 Å². The lowest BCUT2D eigenvalue weighted by atomic mass is 9.94. The Bertz CT molecular complexity index is 435. The fraction of sp³-hybridized carbons (Fsp3) is 0.455. The maximum Gasteiger partial charge on any atom is 0.403 e. The third-order valence-electron chi connectivity index (χ3n) is 2.56. The zero-order chi connectivity index (χ0) is 15.0. The Morgan fingerprint density at radius 1 is 1.00 bits per heavy atom. The summed E-state index contributed by atoms with van der Waals surface area (Å²) in [7, 11) is 0. The SMILES string of the molecule is Cc1ccc(C(O)C(C(F)(F)F)C(F)(F)F)cc1F. The molecular formula is C11H9F7O. The second kappa shape index (κ2) is 4.99. The van der Waals surface area contributed by atoms with E-state index in [2.05, 4.69) is 0 Å². The molecule has 1 atom stereocenters. The molecular weight excluding hydrogens is 281 g/mol. The molecule has 0 saturated heterocycles. The lowest BCUT2D eigenvalue weighted by Crippen LogP contribution is -2.40. The number of alkyl halides is 6. The van der Waals surface area contributed by atoms with E-state index < -0.39 is 35.8 Å². The van der Waals surface area contributed by atoms with E-state index in [-0.39, 0.29) is 5.56 Å². The maximum absolute atomic E-state index is 13.1. The normalized spacial score (nSPS) is 14.8. The van der Waals surface area contributed by atoms with Crippen LogP contribution in [0.2, 0.25) is 0 Å². The number of rotatable bonds is 2. The highest BCUT2D eigenvalue weighted by Gasteiger charge is 2.60. The summed E-state index contributed by atoms with van der Waals surface area (Å²) in [6, 6.07) is 2.29. The Morgan fingerprint density at radius 2 is 1.47 bits per heavy atom. The van der Waals surface area contributed by atoms with Gasteiger partial charge in [0.15, 0.2) is 5.92 Å². The summed E-state index contributed by atoms with van der Waals surface area (Å²) in [6.45, 7) is 1.29. The first-order valence-electron chi connectivity index (χ1n) is 5.02. The van der Waals surface area contributed by atoms with E-state index in [9.17, 15) is 35.8 Å². The first kappa shape index (κ1) is 15.7. The van der Waals surface area contributed by atoms with Crippen molar-refractivity contribution < 1.29 is 35.8 Å². The molecule has 1 nitrogen and oxygen atoms in total. The van der Waals surface area contributed by atoms with Crippen molar-refractivity contribution >= 4 is 0 Å². The summed E-state index contributed by atoms with van der Waals surface area (Å²) in [5.74, 6) is -4.94. The number of aliphatic hydroxyl groups excluding tert-OH is 1. The molecule has 1 N–H and O–H groups in total. The van der Waals surface area contributed by atoms with Crippen LogP contribution in [0.3, 0.4) is 0 Å². The Kier molecular flexibility index (Phi) is 4.14. The van der Waals surface area contributed by atoms with Crippen LogP contribution in [0.5, 0.6) is 0 Å². The zero-order valence-corrected chi connectivity index (χ0v) is 9.48. The van der Waals surface area contributed by atoms with Crippen LogP contribution < -0.4 is 0 Å². The molecule has 19 heavy (non-hydrogen) atoms. The van der Waals surface area contributed by atoms with Crippen molar-refractivity contribution in [2.45, 2.75) is 25.4 Å².